The fraction of sp³-hybridized carbons (Fsp3) is 1.00. The zero-order chi connectivity index (χ0) is 10.9. The predicted octanol–water partition coefficient (Wildman–Crippen LogP) is -1.12. The first-order chi connectivity index (χ1) is 7.36. The Morgan fingerprint density at radius 1 is 1.53 bits per heavy atom. The van der Waals surface area contributed by atoms with Crippen LogP contribution in [0.3, 0.4) is 0 Å². The second-order valence-electron chi connectivity index (χ2n) is 3.75. The van der Waals surface area contributed by atoms with Crippen molar-refractivity contribution in [1.29, 1.82) is 0 Å². The molecule has 1 atom stereocenters. The lowest BCUT2D eigenvalue weighted by Gasteiger charge is -2.32. The summed E-state index contributed by atoms with van der Waals surface area (Å²) in [6.45, 7) is 6.78. The van der Waals surface area contributed by atoms with Crippen molar-refractivity contribution < 1.29 is 9.47 Å². The van der Waals surface area contributed by atoms with Gasteiger partial charge in [0.2, 0.25) is 0 Å². The number of likely N-dealkylation sites (N-methyl/N-ethyl adjacent to an activating group) is 1. The van der Waals surface area contributed by atoms with Gasteiger partial charge in [0.25, 0.3) is 0 Å². The van der Waals surface area contributed by atoms with Crippen LogP contribution in [0.25, 0.3) is 0 Å². The van der Waals surface area contributed by atoms with Crippen LogP contribution in [0, 0.1) is 0 Å². The molecule has 0 amide bonds. The summed E-state index contributed by atoms with van der Waals surface area (Å²) in [5.74, 6) is 0. The van der Waals surface area contributed by atoms with Gasteiger partial charge in [0, 0.05) is 32.7 Å². The van der Waals surface area contributed by atoms with E-state index in [4.69, 9.17) is 15.2 Å². The van der Waals surface area contributed by atoms with Crippen molar-refractivity contribution in [3.05, 3.63) is 0 Å². The summed E-state index contributed by atoms with van der Waals surface area (Å²) in [5.41, 5.74) is 5.57. The van der Waals surface area contributed by atoms with E-state index >= 15 is 0 Å². The van der Waals surface area contributed by atoms with Gasteiger partial charge in [-0.1, -0.05) is 0 Å². The molecule has 0 radical (unpaired) electrons. The molecule has 0 spiro atoms. The van der Waals surface area contributed by atoms with Gasteiger partial charge in [-0.05, 0) is 7.05 Å². The number of morpholine rings is 1. The summed E-state index contributed by atoms with van der Waals surface area (Å²) in [6, 6.07) is 0. The molecule has 0 aliphatic carbocycles. The minimum atomic E-state index is 0.205. The topological polar surface area (TPSA) is 59.8 Å². The Hall–Kier alpha value is -0.200. The van der Waals surface area contributed by atoms with Crippen molar-refractivity contribution in [3.8, 4) is 0 Å². The van der Waals surface area contributed by atoms with E-state index in [1.165, 1.54) is 0 Å². The van der Waals surface area contributed by atoms with E-state index in [-0.39, 0.29) is 6.10 Å². The van der Waals surface area contributed by atoms with Crippen molar-refractivity contribution >= 4 is 0 Å². The van der Waals surface area contributed by atoms with Crippen molar-refractivity contribution in [2.45, 2.75) is 6.10 Å². The van der Waals surface area contributed by atoms with E-state index in [0.717, 1.165) is 46.0 Å². The van der Waals surface area contributed by atoms with Crippen LogP contribution in [0.4, 0.5) is 0 Å². The van der Waals surface area contributed by atoms with Crippen LogP contribution in [0.5, 0.6) is 0 Å². The molecule has 1 unspecified atom stereocenters. The van der Waals surface area contributed by atoms with Gasteiger partial charge in [-0.3, -0.25) is 4.90 Å². The highest BCUT2D eigenvalue weighted by atomic mass is 16.5. The zero-order valence-corrected chi connectivity index (χ0v) is 9.58. The first-order valence-electron chi connectivity index (χ1n) is 5.63. The molecule has 3 N–H and O–H groups in total. The molecular formula is C10H23N3O2. The van der Waals surface area contributed by atoms with E-state index in [1.54, 1.807) is 0 Å². The lowest BCUT2D eigenvalue weighted by atomic mass is 10.3. The van der Waals surface area contributed by atoms with Gasteiger partial charge >= 0.3 is 0 Å². The van der Waals surface area contributed by atoms with Gasteiger partial charge in [0.15, 0.2) is 0 Å². The summed E-state index contributed by atoms with van der Waals surface area (Å²) in [7, 11) is 1.93. The summed E-state index contributed by atoms with van der Waals surface area (Å²) in [5, 5.41) is 3.05. The molecule has 0 bridgehead atoms. The Morgan fingerprint density at radius 3 is 3.13 bits per heavy atom. The number of rotatable bonds is 7. The third kappa shape index (κ3) is 5.44. The lowest BCUT2D eigenvalue weighted by Crippen LogP contribution is -2.46. The van der Waals surface area contributed by atoms with Gasteiger partial charge in [-0.25, -0.2) is 0 Å². The maximum absolute atomic E-state index is 5.57. The number of nitrogens with zero attached hydrogens (tertiary/aromatic N) is 1. The fourth-order valence-corrected chi connectivity index (χ4v) is 1.60. The van der Waals surface area contributed by atoms with E-state index in [2.05, 4.69) is 10.2 Å². The average Bonchev–Trinajstić information content (AvgIpc) is 2.29. The number of nitrogens with two attached hydrogens (primary N) is 1. The van der Waals surface area contributed by atoms with Gasteiger partial charge in [-0.2, -0.15) is 0 Å². The van der Waals surface area contributed by atoms with E-state index in [0.29, 0.717) is 6.54 Å². The summed E-state index contributed by atoms with van der Waals surface area (Å²) in [6.07, 6.45) is 0.205. The summed E-state index contributed by atoms with van der Waals surface area (Å²) < 4.78 is 11.0. The number of hydrogen-bond donors (Lipinski definition) is 2. The Morgan fingerprint density at radius 2 is 2.40 bits per heavy atom. The van der Waals surface area contributed by atoms with E-state index in [9.17, 15) is 0 Å². The standard InChI is InChI=1S/C10H23N3O2/c1-12-2-5-14-6-3-13-4-7-15-10(8-11)9-13/h10,12H,2-9,11H2,1H3. The van der Waals surface area contributed by atoms with Crippen molar-refractivity contribution in [2.75, 3.05) is 59.6 Å². The second-order valence-corrected chi connectivity index (χ2v) is 3.75. The van der Waals surface area contributed by atoms with Crippen molar-refractivity contribution in [1.82, 2.24) is 10.2 Å². The van der Waals surface area contributed by atoms with Crippen LogP contribution < -0.4 is 11.1 Å². The van der Waals surface area contributed by atoms with Crippen LogP contribution in [0.2, 0.25) is 0 Å². The van der Waals surface area contributed by atoms with E-state index in [1.807, 2.05) is 7.05 Å². The highest BCUT2D eigenvalue weighted by Crippen LogP contribution is 2.03. The minimum Gasteiger partial charge on any atom is -0.379 e. The first-order valence-corrected chi connectivity index (χ1v) is 5.63. The maximum atomic E-state index is 5.57. The summed E-state index contributed by atoms with van der Waals surface area (Å²) >= 11 is 0. The van der Waals surface area contributed by atoms with Crippen LogP contribution >= 0.6 is 0 Å². The SMILES string of the molecule is CNCCOCCN1CCOC(CN)C1. The molecule has 1 aliphatic rings. The van der Waals surface area contributed by atoms with Gasteiger partial charge in [0.1, 0.15) is 0 Å². The molecule has 90 valence electrons. The minimum absolute atomic E-state index is 0.205. The second kappa shape index (κ2) is 8.01. The van der Waals surface area contributed by atoms with Gasteiger partial charge in [-0.15, -0.1) is 0 Å². The molecule has 5 heteroatoms. The van der Waals surface area contributed by atoms with Crippen LogP contribution in [0.15, 0.2) is 0 Å². The molecule has 5 nitrogen and oxygen atoms in total. The Bertz CT molecular complexity index is 158. The molecule has 0 aromatic carbocycles. The number of hydrogen-bond acceptors (Lipinski definition) is 5. The smallest absolute Gasteiger partial charge is 0.0824 e. The largest absolute Gasteiger partial charge is 0.379 e. The normalized spacial score (nSPS) is 23.2. The van der Waals surface area contributed by atoms with Crippen molar-refractivity contribution in [3.63, 3.8) is 0 Å². The van der Waals surface area contributed by atoms with Crippen LogP contribution in [0.1, 0.15) is 0 Å². The number of ether oxygens (including phenoxy) is 2. The molecule has 1 fully saturated rings. The highest BCUT2D eigenvalue weighted by molar-refractivity contribution is 4.71. The average molecular weight is 217 g/mol. The molecular weight excluding hydrogens is 194 g/mol. The predicted molar refractivity (Wildman–Crippen MR) is 60.0 cm³/mol. The third-order valence-electron chi connectivity index (χ3n) is 2.53. The third-order valence-corrected chi connectivity index (χ3v) is 2.53. The quantitative estimate of drug-likeness (QED) is 0.529. The van der Waals surface area contributed by atoms with Gasteiger partial charge in [0.05, 0.1) is 25.9 Å². The Labute approximate surface area is 91.9 Å². The first kappa shape index (κ1) is 12.9. The molecule has 0 saturated carbocycles. The Balaban J connectivity index is 2.00. The van der Waals surface area contributed by atoms with E-state index < -0.39 is 0 Å². The monoisotopic (exact) mass is 217 g/mol. The van der Waals surface area contributed by atoms with Crippen LogP contribution in [-0.4, -0.2) is 70.6 Å². The maximum Gasteiger partial charge on any atom is 0.0824 e. The summed E-state index contributed by atoms with van der Waals surface area (Å²) in [4.78, 5) is 2.35. The lowest BCUT2D eigenvalue weighted by molar-refractivity contribution is -0.0311. The molecule has 1 rings (SSSR count). The molecule has 15 heavy (non-hydrogen) atoms. The number of nitrogens with one attached hydrogen (secondary N) is 1. The molecule has 0 aromatic rings. The fourth-order valence-electron chi connectivity index (χ4n) is 1.60. The van der Waals surface area contributed by atoms with Gasteiger partial charge < -0.3 is 20.5 Å². The van der Waals surface area contributed by atoms with Crippen molar-refractivity contribution in [2.24, 2.45) is 5.73 Å². The molecule has 1 aliphatic heterocycles. The molecule has 0 aromatic heterocycles. The molecule has 1 saturated heterocycles. The Kier molecular flexibility index (Phi) is 6.87. The highest BCUT2D eigenvalue weighted by Gasteiger charge is 2.18. The van der Waals surface area contributed by atoms with Crippen LogP contribution in [-0.2, 0) is 9.47 Å². The molecule has 1 heterocycles. The zero-order valence-electron chi connectivity index (χ0n) is 9.58.